The van der Waals surface area contributed by atoms with E-state index in [9.17, 15) is 9.59 Å². The Bertz CT molecular complexity index is 742. The Morgan fingerprint density at radius 2 is 1.03 bits per heavy atom. The molecule has 6 heteroatoms. The average Bonchev–Trinajstić information content (AvgIpc) is 2.84. The topological polar surface area (TPSA) is 76.7 Å². The molecule has 0 saturated heterocycles. The number of alkyl carbamates (subject to hydrolysis) is 2. The molecule has 0 aliphatic carbocycles. The molecule has 0 bridgehead atoms. The van der Waals surface area contributed by atoms with Crippen molar-refractivity contribution in [2.24, 2.45) is 0 Å². The highest BCUT2D eigenvalue weighted by molar-refractivity contribution is 5.74. The van der Waals surface area contributed by atoms with Crippen LogP contribution in [0.4, 0.5) is 9.59 Å². The Hall–Kier alpha value is -3.02. The summed E-state index contributed by atoms with van der Waals surface area (Å²) in [6.45, 7) is 4.92. The Labute approximate surface area is 198 Å². The highest BCUT2D eigenvalue weighted by Gasteiger charge is 2.38. The van der Waals surface area contributed by atoms with E-state index < -0.39 is 17.8 Å². The summed E-state index contributed by atoms with van der Waals surface area (Å²) in [5.41, 5.74) is 0.0629. The van der Waals surface area contributed by atoms with E-state index in [1.165, 1.54) is 0 Å². The van der Waals surface area contributed by atoms with E-state index in [0.29, 0.717) is 24.3 Å². The molecule has 0 fully saturated rings. The van der Waals surface area contributed by atoms with Crippen LogP contribution in [0.15, 0.2) is 60.7 Å². The van der Waals surface area contributed by atoms with Gasteiger partial charge in [0.1, 0.15) is 0 Å². The van der Waals surface area contributed by atoms with Crippen LogP contribution in [-0.4, -0.2) is 25.4 Å². The first-order valence-electron chi connectivity index (χ1n) is 12.1. The van der Waals surface area contributed by atoms with E-state index in [0.717, 1.165) is 51.4 Å². The summed E-state index contributed by atoms with van der Waals surface area (Å²) in [4.78, 5) is 25.7. The second-order valence-corrected chi connectivity index (χ2v) is 8.13. The van der Waals surface area contributed by atoms with E-state index in [1.807, 2.05) is 60.7 Å². The standard InChI is InChI=1S/C27H38N2O4/c1-3-5-7-15-21-32-25(30)28-27(23-17-11-9-12-18-23,24-19-13-10-14-20-24)29-26(31)33-22-16-8-6-4-2/h9-14,17-20H,3-8,15-16,21-22H2,1-2H3,(H,28,30)(H,29,31). The van der Waals surface area contributed by atoms with Gasteiger partial charge in [0.25, 0.3) is 0 Å². The largest absolute Gasteiger partial charge is 0.450 e. The maximum atomic E-state index is 12.8. The van der Waals surface area contributed by atoms with Crippen molar-refractivity contribution >= 4 is 12.2 Å². The summed E-state index contributed by atoms with van der Waals surface area (Å²) >= 11 is 0. The van der Waals surface area contributed by atoms with Gasteiger partial charge in [0.05, 0.1) is 13.2 Å². The van der Waals surface area contributed by atoms with Gasteiger partial charge in [0.2, 0.25) is 0 Å². The molecule has 0 spiro atoms. The predicted molar refractivity (Wildman–Crippen MR) is 131 cm³/mol. The van der Waals surface area contributed by atoms with Crippen molar-refractivity contribution in [3.8, 4) is 0 Å². The number of hydrogen-bond donors (Lipinski definition) is 2. The molecule has 0 aliphatic heterocycles. The summed E-state index contributed by atoms with van der Waals surface area (Å²) in [6, 6.07) is 18.7. The summed E-state index contributed by atoms with van der Waals surface area (Å²) in [7, 11) is 0. The van der Waals surface area contributed by atoms with E-state index in [1.54, 1.807) is 0 Å². The third-order valence-corrected chi connectivity index (χ3v) is 5.45. The Balaban J connectivity index is 2.23. The Kier molecular flexibility index (Phi) is 11.9. The van der Waals surface area contributed by atoms with Crippen LogP contribution < -0.4 is 10.6 Å². The third kappa shape index (κ3) is 8.79. The fourth-order valence-corrected chi connectivity index (χ4v) is 3.63. The van der Waals surface area contributed by atoms with Gasteiger partial charge in [-0.1, -0.05) is 113 Å². The maximum absolute atomic E-state index is 12.8. The minimum atomic E-state index is -1.33. The molecule has 2 rings (SSSR count). The molecule has 0 unspecified atom stereocenters. The Morgan fingerprint density at radius 3 is 1.39 bits per heavy atom. The van der Waals surface area contributed by atoms with Gasteiger partial charge < -0.3 is 9.47 Å². The van der Waals surface area contributed by atoms with Gasteiger partial charge in [-0.15, -0.1) is 0 Å². The molecule has 0 aliphatic rings. The van der Waals surface area contributed by atoms with Crippen molar-refractivity contribution in [3.05, 3.63) is 71.8 Å². The van der Waals surface area contributed by atoms with Crippen molar-refractivity contribution in [1.29, 1.82) is 0 Å². The molecular formula is C27H38N2O4. The Morgan fingerprint density at radius 1 is 0.636 bits per heavy atom. The van der Waals surface area contributed by atoms with E-state index in [2.05, 4.69) is 24.5 Å². The lowest BCUT2D eigenvalue weighted by Gasteiger charge is -2.35. The van der Waals surface area contributed by atoms with Gasteiger partial charge in [-0.25, -0.2) is 9.59 Å². The van der Waals surface area contributed by atoms with Crippen LogP contribution in [0.2, 0.25) is 0 Å². The fourth-order valence-electron chi connectivity index (χ4n) is 3.63. The maximum Gasteiger partial charge on any atom is 0.409 e. The number of benzene rings is 2. The van der Waals surface area contributed by atoms with Crippen LogP contribution in [0.1, 0.15) is 76.3 Å². The first-order chi connectivity index (χ1) is 16.1. The molecule has 0 atom stereocenters. The lowest BCUT2D eigenvalue weighted by molar-refractivity contribution is 0.115. The number of carbonyl (C=O) groups excluding carboxylic acids is 2. The lowest BCUT2D eigenvalue weighted by Crippen LogP contribution is -2.59. The normalized spacial score (nSPS) is 11.0. The lowest BCUT2D eigenvalue weighted by atomic mass is 9.91. The summed E-state index contributed by atoms with van der Waals surface area (Å²) < 4.78 is 10.9. The second kappa shape index (κ2) is 14.9. The van der Waals surface area contributed by atoms with E-state index >= 15 is 0 Å². The molecule has 2 aromatic carbocycles. The number of carbonyl (C=O) groups is 2. The zero-order valence-corrected chi connectivity index (χ0v) is 20.0. The molecule has 0 saturated carbocycles. The van der Waals surface area contributed by atoms with Gasteiger partial charge >= 0.3 is 12.2 Å². The summed E-state index contributed by atoms with van der Waals surface area (Å²) in [5.74, 6) is 0. The molecule has 6 nitrogen and oxygen atoms in total. The van der Waals surface area contributed by atoms with Crippen molar-refractivity contribution in [2.75, 3.05) is 13.2 Å². The fraction of sp³-hybridized carbons (Fsp3) is 0.481. The molecule has 0 aromatic heterocycles. The van der Waals surface area contributed by atoms with Gasteiger partial charge in [-0.3, -0.25) is 10.6 Å². The second-order valence-electron chi connectivity index (χ2n) is 8.13. The van der Waals surface area contributed by atoms with Gasteiger partial charge in [-0.05, 0) is 12.8 Å². The van der Waals surface area contributed by atoms with Crippen LogP contribution in [0, 0.1) is 0 Å². The number of hydrogen-bond acceptors (Lipinski definition) is 4. The molecule has 0 heterocycles. The number of rotatable bonds is 14. The smallest absolute Gasteiger partial charge is 0.409 e. The SMILES string of the molecule is CCCCCCOC(=O)NC(NC(=O)OCCCCCC)(c1ccccc1)c1ccccc1. The quantitative estimate of drug-likeness (QED) is 0.252. The zero-order chi connectivity index (χ0) is 23.8. The molecule has 2 N–H and O–H groups in total. The van der Waals surface area contributed by atoms with Crippen molar-refractivity contribution in [2.45, 2.75) is 70.9 Å². The number of unbranched alkanes of at least 4 members (excludes halogenated alkanes) is 6. The number of nitrogens with one attached hydrogen (secondary N) is 2. The van der Waals surface area contributed by atoms with Crippen molar-refractivity contribution < 1.29 is 19.1 Å². The monoisotopic (exact) mass is 454 g/mol. The third-order valence-electron chi connectivity index (χ3n) is 5.45. The van der Waals surface area contributed by atoms with Crippen LogP contribution in [0.5, 0.6) is 0 Å². The summed E-state index contributed by atoms with van der Waals surface area (Å²) in [5, 5.41) is 5.85. The van der Waals surface area contributed by atoms with Gasteiger partial charge in [0, 0.05) is 11.1 Å². The predicted octanol–water partition coefficient (Wildman–Crippen LogP) is 6.50. The van der Waals surface area contributed by atoms with Gasteiger partial charge in [-0.2, -0.15) is 0 Å². The highest BCUT2D eigenvalue weighted by Crippen LogP contribution is 2.27. The van der Waals surface area contributed by atoms with Crippen LogP contribution in [0.25, 0.3) is 0 Å². The molecule has 0 radical (unpaired) electrons. The minimum Gasteiger partial charge on any atom is -0.450 e. The highest BCUT2D eigenvalue weighted by atomic mass is 16.6. The molecule has 2 aromatic rings. The molecular weight excluding hydrogens is 416 g/mol. The molecule has 2 amide bonds. The van der Waals surface area contributed by atoms with Crippen LogP contribution >= 0.6 is 0 Å². The van der Waals surface area contributed by atoms with E-state index in [-0.39, 0.29) is 0 Å². The minimum absolute atomic E-state index is 0.327. The van der Waals surface area contributed by atoms with Crippen LogP contribution in [0.3, 0.4) is 0 Å². The van der Waals surface area contributed by atoms with Crippen molar-refractivity contribution in [1.82, 2.24) is 10.6 Å². The summed E-state index contributed by atoms with van der Waals surface area (Å²) in [6.07, 6.45) is 6.87. The number of ether oxygens (including phenoxy) is 2. The first-order valence-corrected chi connectivity index (χ1v) is 12.1. The average molecular weight is 455 g/mol. The van der Waals surface area contributed by atoms with Crippen molar-refractivity contribution in [3.63, 3.8) is 0 Å². The van der Waals surface area contributed by atoms with Gasteiger partial charge in [0.15, 0.2) is 5.66 Å². The number of amides is 2. The first kappa shape index (κ1) is 26.2. The molecule has 180 valence electrons. The molecule has 33 heavy (non-hydrogen) atoms. The van der Waals surface area contributed by atoms with E-state index in [4.69, 9.17) is 9.47 Å². The van der Waals surface area contributed by atoms with Crippen LogP contribution in [-0.2, 0) is 15.1 Å². The zero-order valence-electron chi connectivity index (χ0n) is 20.0.